The number of fused-ring (bicyclic) bond motifs is 1. The van der Waals surface area contributed by atoms with E-state index in [1.807, 2.05) is 24.5 Å². The minimum atomic E-state index is -3.43. The third-order valence-corrected chi connectivity index (χ3v) is 10.9. The van der Waals surface area contributed by atoms with Crippen LogP contribution >= 0.6 is 22.7 Å². The van der Waals surface area contributed by atoms with E-state index < -0.39 is 10.0 Å². The lowest BCUT2D eigenvalue weighted by molar-refractivity contribution is 0.170. The minimum Gasteiger partial charge on any atom is -0.467 e. The van der Waals surface area contributed by atoms with Crippen LogP contribution in [0.4, 0.5) is 5.95 Å². The normalized spacial score (nSPS) is 17.5. The molecule has 4 aromatic rings. The zero-order chi connectivity index (χ0) is 26.8. The van der Waals surface area contributed by atoms with Crippen molar-refractivity contribution in [2.45, 2.75) is 50.0 Å². The maximum absolute atomic E-state index is 12.8. The quantitative estimate of drug-likeness (QED) is 0.267. The lowest BCUT2D eigenvalue weighted by Crippen LogP contribution is -2.39. The van der Waals surface area contributed by atoms with E-state index in [1.54, 1.807) is 32.5 Å². The predicted octanol–water partition coefficient (Wildman–Crippen LogP) is 5.63. The number of benzene rings is 1. The van der Waals surface area contributed by atoms with Crippen molar-refractivity contribution < 1.29 is 13.2 Å². The second-order valence-electron chi connectivity index (χ2n) is 9.91. The van der Waals surface area contributed by atoms with Gasteiger partial charge in [-0.2, -0.15) is 15.6 Å². The average Bonchev–Trinajstić information content (AvgIpc) is 3.65. The summed E-state index contributed by atoms with van der Waals surface area (Å²) in [5.41, 5.74) is 4.39. The largest absolute Gasteiger partial charge is 0.467 e. The van der Waals surface area contributed by atoms with E-state index in [-0.39, 0.29) is 6.10 Å². The Kier molecular flexibility index (Phi) is 7.66. The molecule has 204 valence electrons. The molecule has 2 aliphatic heterocycles. The number of piperidine rings is 1. The van der Waals surface area contributed by atoms with E-state index in [0.717, 1.165) is 60.5 Å². The molecular weight excluding hydrogens is 551 g/mol. The Labute approximate surface area is 237 Å². The van der Waals surface area contributed by atoms with Crippen LogP contribution in [-0.4, -0.2) is 60.0 Å². The van der Waals surface area contributed by atoms with E-state index >= 15 is 0 Å². The molecule has 0 bridgehead atoms. The molecule has 5 heterocycles. The first-order valence-electron chi connectivity index (χ1n) is 13.3. The molecule has 3 aromatic heterocycles. The molecule has 6 rings (SSSR count). The fourth-order valence-corrected chi connectivity index (χ4v) is 8.39. The molecule has 0 spiro atoms. The molecular formula is C28H31N5O3S3. The predicted molar refractivity (Wildman–Crippen MR) is 157 cm³/mol. The van der Waals surface area contributed by atoms with Crippen LogP contribution in [0, 0.1) is 0 Å². The fourth-order valence-electron chi connectivity index (χ4n) is 5.08. The first-order valence-corrected chi connectivity index (χ1v) is 16.5. The van der Waals surface area contributed by atoms with Crippen molar-refractivity contribution in [3.05, 3.63) is 64.6 Å². The number of aromatic nitrogens is 3. The van der Waals surface area contributed by atoms with Crippen molar-refractivity contribution in [2.24, 2.45) is 0 Å². The van der Waals surface area contributed by atoms with Gasteiger partial charge in [0.05, 0.1) is 15.1 Å². The Morgan fingerprint density at radius 2 is 1.92 bits per heavy atom. The number of hydrogen-bond donors (Lipinski definition) is 0. The molecule has 39 heavy (non-hydrogen) atoms. The third-order valence-electron chi connectivity index (χ3n) is 7.27. The lowest BCUT2D eigenvalue weighted by Gasteiger charge is -2.31. The summed E-state index contributed by atoms with van der Waals surface area (Å²) in [6, 6.07) is 7.92. The van der Waals surface area contributed by atoms with Crippen LogP contribution in [-0.2, 0) is 16.4 Å². The van der Waals surface area contributed by atoms with Crippen LogP contribution in [0.1, 0.15) is 43.7 Å². The Balaban J connectivity index is 1.07. The molecule has 0 amide bonds. The van der Waals surface area contributed by atoms with Crippen LogP contribution < -0.4 is 9.64 Å². The summed E-state index contributed by atoms with van der Waals surface area (Å²) in [5.74, 6) is 0.796. The molecule has 11 heteroatoms. The molecule has 0 saturated carbocycles. The number of anilines is 1. The molecule has 2 aliphatic rings. The monoisotopic (exact) mass is 581 g/mol. The molecule has 8 nitrogen and oxygen atoms in total. The highest BCUT2D eigenvalue weighted by Crippen LogP contribution is 2.34. The van der Waals surface area contributed by atoms with Gasteiger partial charge >= 0.3 is 0 Å². The Morgan fingerprint density at radius 3 is 2.62 bits per heavy atom. The number of nitrogens with zero attached hydrogens (tertiary/aromatic N) is 5. The van der Waals surface area contributed by atoms with Crippen LogP contribution in [0.25, 0.3) is 15.8 Å². The molecule has 1 saturated heterocycles. The highest BCUT2D eigenvalue weighted by Gasteiger charge is 2.27. The van der Waals surface area contributed by atoms with E-state index in [2.05, 4.69) is 33.9 Å². The molecule has 0 unspecified atom stereocenters. The fraction of sp³-hybridized carbons (Fsp3) is 0.393. The van der Waals surface area contributed by atoms with E-state index in [1.165, 1.54) is 22.5 Å². The number of thiophene rings is 1. The first-order chi connectivity index (χ1) is 19.0. The van der Waals surface area contributed by atoms with Gasteiger partial charge in [-0.1, -0.05) is 36.8 Å². The van der Waals surface area contributed by atoms with Gasteiger partial charge in [0.1, 0.15) is 6.10 Å². The number of rotatable bonds is 8. The van der Waals surface area contributed by atoms with Gasteiger partial charge in [-0.3, -0.25) is 0 Å². The Morgan fingerprint density at radius 1 is 1.10 bits per heavy atom. The Hall–Kier alpha value is -2.86. The van der Waals surface area contributed by atoms with Gasteiger partial charge in [0, 0.05) is 56.8 Å². The summed E-state index contributed by atoms with van der Waals surface area (Å²) in [6.07, 6.45) is 10.6. The topological polar surface area (TPSA) is 88.5 Å². The summed E-state index contributed by atoms with van der Waals surface area (Å²) in [7, 11) is -3.43. The second kappa shape index (κ2) is 11.3. The maximum Gasteiger partial charge on any atom is 0.274 e. The van der Waals surface area contributed by atoms with Crippen molar-refractivity contribution in [3.63, 3.8) is 0 Å². The lowest BCUT2D eigenvalue weighted by atomic mass is 10.0. The molecule has 0 aliphatic carbocycles. The van der Waals surface area contributed by atoms with Crippen molar-refractivity contribution in [2.75, 3.05) is 31.1 Å². The minimum absolute atomic E-state index is 0.123. The summed E-state index contributed by atoms with van der Waals surface area (Å²) in [5, 5.41) is 4.19. The van der Waals surface area contributed by atoms with Crippen molar-refractivity contribution in [3.8, 4) is 5.19 Å². The van der Waals surface area contributed by atoms with Gasteiger partial charge in [0.2, 0.25) is 16.0 Å². The van der Waals surface area contributed by atoms with Gasteiger partial charge in [0.15, 0.2) is 0 Å². The molecule has 0 atom stereocenters. The van der Waals surface area contributed by atoms with Crippen LogP contribution in [0.3, 0.4) is 0 Å². The smallest absolute Gasteiger partial charge is 0.274 e. The number of sulfonamides is 1. The zero-order valence-electron chi connectivity index (χ0n) is 21.8. The SMILES string of the molecule is CCCc1cnc(N2CCC(Oc3nc4ccc(C5=CCN(S(=O)(=O)c6ccsc6)CC5)cc4s3)CC2)nc1. The van der Waals surface area contributed by atoms with Crippen LogP contribution in [0.15, 0.2) is 58.4 Å². The van der Waals surface area contributed by atoms with E-state index in [9.17, 15) is 8.42 Å². The maximum atomic E-state index is 12.8. The molecule has 0 radical (unpaired) electrons. The highest BCUT2D eigenvalue weighted by molar-refractivity contribution is 7.89. The number of thiazole rings is 1. The molecule has 1 aromatic carbocycles. The Bertz CT molecular complexity index is 1560. The van der Waals surface area contributed by atoms with Gasteiger partial charge in [-0.05, 0) is 53.1 Å². The summed E-state index contributed by atoms with van der Waals surface area (Å²) < 4.78 is 34.6. The summed E-state index contributed by atoms with van der Waals surface area (Å²) in [4.78, 5) is 16.4. The first kappa shape index (κ1) is 26.4. The van der Waals surface area contributed by atoms with E-state index in [0.29, 0.717) is 29.6 Å². The number of ether oxygens (including phenoxy) is 1. The van der Waals surface area contributed by atoms with Crippen LogP contribution in [0.5, 0.6) is 5.19 Å². The second-order valence-corrected chi connectivity index (χ2v) is 13.6. The van der Waals surface area contributed by atoms with Crippen LogP contribution in [0.2, 0.25) is 0 Å². The van der Waals surface area contributed by atoms with Gasteiger partial charge in [-0.25, -0.2) is 23.4 Å². The highest BCUT2D eigenvalue weighted by atomic mass is 32.2. The average molecular weight is 582 g/mol. The summed E-state index contributed by atoms with van der Waals surface area (Å²) in [6.45, 7) is 4.75. The molecule has 0 N–H and O–H groups in total. The zero-order valence-corrected chi connectivity index (χ0v) is 24.3. The van der Waals surface area contributed by atoms with Gasteiger partial charge in [-0.15, -0.1) is 0 Å². The van der Waals surface area contributed by atoms with E-state index in [4.69, 9.17) is 9.72 Å². The van der Waals surface area contributed by atoms with Crippen molar-refractivity contribution in [1.82, 2.24) is 19.3 Å². The van der Waals surface area contributed by atoms with Gasteiger partial charge < -0.3 is 9.64 Å². The van der Waals surface area contributed by atoms with Crippen molar-refractivity contribution in [1.29, 1.82) is 0 Å². The summed E-state index contributed by atoms with van der Waals surface area (Å²) >= 11 is 2.97. The number of aryl methyl sites for hydroxylation is 1. The standard InChI is InChI=1S/C28H31N5O3S3/c1-2-3-20-17-29-27(30-18-20)32-11-8-23(9-12-32)36-28-31-25-5-4-22(16-26(25)38-28)21-6-13-33(14-7-21)39(34,35)24-10-15-37-19-24/h4-6,10,15-19,23H,2-3,7-9,11-14H2,1H3. The molecule has 1 fully saturated rings. The van der Waals surface area contributed by atoms with Gasteiger partial charge in [0.25, 0.3) is 5.19 Å². The number of hydrogen-bond acceptors (Lipinski definition) is 9. The van der Waals surface area contributed by atoms with Crippen molar-refractivity contribution >= 4 is 54.4 Å². The third kappa shape index (κ3) is 5.72.